The second-order valence-electron chi connectivity index (χ2n) is 7.02. The summed E-state index contributed by atoms with van der Waals surface area (Å²) in [7, 11) is 1.93. The highest BCUT2D eigenvalue weighted by atomic mass is 16.2. The number of hydrogen-bond acceptors (Lipinski definition) is 4. The van der Waals surface area contributed by atoms with Crippen LogP contribution in [-0.2, 0) is 11.8 Å². The van der Waals surface area contributed by atoms with Crippen molar-refractivity contribution in [3.8, 4) is 11.1 Å². The van der Waals surface area contributed by atoms with E-state index in [2.05, 4.69) is 22.1 Å². The zero-order chi connectivity index (χ0) is 18.7. The van der Waals surface area contributed by atoms with Gasteiger partial charge in [-0.25, -0.2) is 0 Å². The maximum absolute atomic E-state index is 12.5. The first kappa shape index (κ1) is 18.6. The van der Waals surface area contributed by atoms with Gasteiger partial charge in [0.25, 0.3) is 0 Å². The van der Waals surface area contributed by atoms with Crippen LogP contribution in [0.3, 0.4) is 0 Å². The van der Waals surface area contributed by atoms with Crippen LogP contribution in [0.1, 0.15) is 44.1 Å². The molecule has 1 aliphatic heterocycles. The number of aryl methyl sites for hydroxylation is 2. The summed E-state index contributed by atoms with van der Waals surface area (Å²) in [6.07, 6.45) is 6.06. The third-order valence-electron chi connectivity index (χ3n) is 5.17. The highest BCUT2D eigenvalue weighted by Gasteiger charge is 2.30. The Hall–Kier alpha value is -2.21. The maximum atomic E-state index is 12.5. The number of likely N-dealkylation sites (N-methyl/N-ethyl adjacent to an activating group) is 1. The first-order valence-corrected chi connectivity index (χ1v) is 9.51. The van der Waals surface area contributed by atoms with E-state index < -0.39 is 0 Å². The van der Waals surface area contributed by atoms with E-state index >= 15 is 0 Å². The molecule has 3 heterocycles. The molecule has 1 saturated heterocycles. The molecular weight excluding hydrogens is 326 g/mol. The Morgan fingerprint density at radius 2 is 2.04 bits per heavy atom. The normalized spacial score (nSPS) is 17.6. The van der Waals surface area contributed by atoms with Gasteiger partial charge in [-0.3, -0.25) is 19.4 Å². The van der Waals surface area contributed by atoms with E-state index in [1.165, 1.54) is 0 Å². The molecule has 0 N–H and O–H groups in total. The molecule has 6 nitrogen and oxygen atoms in total. The third kappa shape index (κ3) is 3.96. The van der Waals surface area contributed by atoms with Crippen LogP contribution >= 0.6 is 0 Å². The molecule has 1 amide bonds. The first-order chi connectivity index (χ1) is 12.5. The van der Waals surface area contributed by atoms with Crippen molar-refractivity contribution < 1.29 is 4.79 Å². The topological polar surface area (TPSA) is 54.3 Å². The number of aromatic nitrogens is 3. The summed E-state index contributed by atoms with van der Waals surface area (Å²) in [6.45, 7) is 9.06. The molecule has 0 spiro atoms. The zero-order valence-electron chi connectivity index (χ0n) is 16.3. The van der Waals surface area contributed by atoms with Crippen molar-refractivity contribution in [3.05, 3.63) is 35.9 Å². The molecule has 140 valence electrons. The van der Waals surface area contributed by atoms with Crippen molar-refractivity contribution >= 4 is 5.91 Å². The van der Waals surface area contributed by atoms with Gasteiger partial charge in [0.1, 0.15) is 0 Å². The van der Waals surface area contributed by atoms with Crippen molar-refractivity contribution in [2.75, 3.05) is 26.2 Å². The van der Waals surface area contributed by atoms with Crippen LogP contribution in [0, 0.1) is 6.92 Å². The number of pyridine rings is 1. The van der Waals surface area contributed by atoms with Gasteiger partial charge in [-0.1, -0.05) is 0 Å². The fourth-order valence-corrected chi connectivity index (χ4v) is 3.80. The van der Waals surface area contributed by atoms with E-state index in [4.69, 9.17) is 4.98 Å². The third-order valence-corrected chi connectivity index (χ3v) is 5.17. The van der Waals surface area contributed by atoms with E-state index in [-0.39, 0.29) is 11.9 Å². The second kappa shape index (κ2) is 7.99. The molecule has 0 aromatic carbocycles. The number of rotatable bonds is 6. The van der Waals surface area contributed by atoms with E-state index in [0.717, 1.165) is 55.0 Å². The van der Waals surface area contributed by atoms with Gasteiger partial charge < -0.3 is 4.90 Å². The van der Waals surface area contributed by atoms with Gasteiger partial charge in [0.05, 0.1) is 24.5 Å². The van der Waals surface area contributed by atoms with Crippen LogP contribution in [0.25, 0.3) is 11.1 Å². The second-order valence-corrected chi connectivity index (χ2v) is 7.02. The van der Waals surface area contributed by atoms with Crippen molar-refractivity contribution in [1.29, 1.82) is 0 Å². The number of nitrogens with zero attached hydrogens (tertiary/aromatic N) is 5. The molecule has 2 aromatic rings. The summed E-state index contributed by atoms with van der Waals surface area (Å²) in [6, 6.07) is 4.47. The Morgan fingerprint density at radius 1 is 1.27 bits per heavy atom. The highest BCUT2D eigenvalue weighted by Crippen LogP contribution is 2.33. The zero-order valence-corrected chi connectivity index (χ0v) is 16.3. The Morgan fingerprint density at radius 3 is 2.69 bits per heavy atom. The van der Waals surface area contributed by atoms with Crippen LogP contribution in [0.5, 0.6) is 0 Å². The predicted molar refractivity (Wildman–Crippen MR) is 103 cm³/mol. The lowest BCUT2D eigenvalue weighted by molar-refractivity contribution is -0.132. The molecule has 0 bridgehead atoms. The van der Waals surface area contributed by atoms with Crippen molar-refractivity contribution in [1.82, 2.24) is 24.6 Å². The summed E-state index contributed by atoms with van der Waals surface area (Å²) >= 11 is 0. The number of amides is 1. The van der Waals surface area contributed by atoms with E-state index in [9.17, 15) is 4.79 Å². The van der Waals surface area contributed by atoms with Gasteiger partial charge in [-0.05, 0) is 57.9 Å². The van der Waals surface area contributed by atoms with Gasteiger partial charge in [0.15, 0.2) is 0 Å². The van der Waals surface area contributed by atoms with E-state index in [0.29, 0.717) is 6.54 Å². The summed E-state index contributed by atoms with van der Waals surface area (Å²) in [4.78, 5) is 21.5. The van der Waals surface area contributed by atoms with Crippen LogP contribution < -0.4 is 0 Å². The lowest BCUT2D eigenvalue weighted by Crippen LogP contribution is -2.40. The van der Waals surface area contributed by atoms with Crippen LogP contribution in [0.2, 0.25) is 0 Å². The standard InChI is InChI=1S/C20H29N5O/c1-5-24(6-2)20(26)14-25-9-7-8-19(25)18-11-16(10-15(3)22-18)17-12-21-23(4)13-17/h10-13,19H,5-9,14H2,1-4H3/t19-/m1/s1. The van der Waals surface area contributed by atoms with E-state index in [1.54, 1.807) is 0 Å². The average Bonchev–Trinajstić information content (AvgIpc) is 3.24. The molecule has 0 aliphatic carbocycles. The summed E-state index contributed by atoms with van der Waals surface area (Å²) in [5, 5.41) is 4.28. The van der Waals surface area contributed by atoms with Crippen molar-refractivity contribution in [2.45, 2.75) is 39.7 Å². The van der Waals surface area contributed by atoms with E-state index in [1.807, 2.05) is 49.8 Å². The van der Waals surface area contributed by atoms with Gasteiger partial charge in [0, 0.05) is 37.6 Å². The quantitative estimate of drug-likeness (QED) is 0.799. The largest absolute Gasteiger partial charge is 0.342 e. The monoisotopic (exact) mass is 355 g/mol. The minimum absolute atomic E-state index is 0.210. The van der Waals surface area contributed by atoms with Crippen LogP contribution in [0.15, 0.2) is 24.5 Å². The number of hydrogen-bond donors (Lipinski definition) is 0. The Kier molecular flexibility index (Phi) is 5.71. The molecule has 26 heavy (non-hydrogen) atoms. The molecule has 0 unspecified atom stereocenters. The lowest BCUT2D eigenvalue weighted by Gasteiger charge is -2.27. The van der Waals surface area contributed by atoms with Crippen molar-refractivity contribution in [2.24, 2.45) is 7.05 Å². The smallest absolute Gasteiger partial charge is 0.236 e. The Balaban J connectivity index is 1.83. The number of carbonyl (C=O) groups excluding carboxylic acids is 1. The summed E-state index contributed by atoms with van der Waals surface area (Å²) in [5.74, 6) is 0.210. The highest BCUT2D eigenvalue weighted by molar-refractivity contribution is 5.78. The molecule has 0 saturated carbocycles. The lowest BCUT2D eigenvalue weighted by atomic mass is 10.0. The Bertz CT molecular complexity index is 765. The maximum Gasteiger partial charge on any atom is 0.236 e. The minimum Gasteiger partial charge on any atom is -0.342 e. The van der Waals surface area contributed by atoms with Crippen LogP contribution in [0.4, 0.5) is 0 Å². The molecule has 2 aromatic heterocycles. The minimum atomic E-state index is 0.210. The number of carbonyl (C=O) groups is 1. The number of likely N-dealkylation sites (tertiary alicyclic amines) is 1. The molecule has 0 radical (unpaired) electrons. The van der Waals surface area contributed by atoms with Gasteiger partial charge in [0.2, 0.25) is 5.91 Å². The first-order valence-electron chi connectivity index (χ1n) is 9.51. The van der Waals surface area contributed by atoms with Gasteiger partial charge >= 0.3 is 0 Å². The van der Waals surface area contributed by atoms with Crippen molar-refractivity contribution in [3.63, 3.8) is 0 Å². The average molecular weight is 355 g/mol. The van der Waals surface area contributed by atoms with Gasteiger partial charge in [-0.15, -0.1) is 0 Å². The van der Waals surface area contributed by atoms with Gasteiger partial charge in [-0.2, -0.15) is 5.10 Å². The fraction of sp³-hybridized carbons (Fsp3) is 0.550. The molecule has 3 rings (SSSR count). The fourth-order valence-electron chi connectivity index (χ4n) is 3.80. The summed E-state index contributed by atoms with van der Waals surface area (Å²) in [5.41, 5.74) is 4.31. The molecule has 6 heteroatoms. The molecule has 1 aliphatic rings. The predicted octanol–water partition coefficient (Wildman–Crippen LogP) is 2.80. The Labute approximate surface area is 155 Å². The molecule has 1 atom stereocenters. The SMILES string of the molecule is CCN(CC)C(=O)CN1CCC[C@@H]1c1cc(-c2cnn(C)c2)cc(C)n1. The molecule has 1 fully saturated rings. The molecular formula is C20H29N5O. The van der Waals surface area contributed by atoms with Crippen LogP contribution in [-0.4, -0.2) is 56.7 Å². The summed E-state index contributed by atoms with van der Waals surface area (Å²) < 4.78 is 1.81.